The number of fused-ring (bicyclic) bond motifs is 1. The number of aryl methyl sites for hydroxylation is 1. The molecule has 2 aromatic rings. The van der Waals surface area contributed by atoms with Crippen LogP contribution in [-0.2, 0) is 16.6 Å². The fraction of sp³-hybridized carbons (Fsp3) is 0.300. The molecule has 0 aliphatic carbocycles. The zero-order chi connectivity index (χ0) is 13.1. The molecule has 8 heteroatoms. The number of nitrogens with zero attached hydrogens (tertiary/aromatic N) is 3. The van der Waals surface area contributed by atoms with Crippen molar-refractivity contribution in [3.63, 3.8) is 0 Å². The number of carbonyl (C=O) groups is 2. The van der Waals surface area contributed by atoms with Gasteiger partial charge in [0.2, 0.25) is 5.91 Å². The summed E-state index contributed by atoms with van der Waals surface area (Å²) >= 11 is 0. The van der Waals surface area contributed by atoms with E-state index in [0.29, 0.717) is 5.69 Å². The molecule has 0 unspecified atom stereocenters. The highest BCUT2D eigenvalue weighted by Gasteiger charge is 2.10. The van der Waals surface area contributed by atoms with Gasteiger partial charge in [0.1, 0.15) is 12.3 Å². The third-order valence-corrected chi connectivity index (χ3v) is 2.38. The molecule has 0 aliphatic rings. The van der Waals surface area contributed by atoms with Crippen molar-refractivity contribution >= 4 is 23.3 Å². The number of ether oxygens (including phenoxy) is 1. The summed E-state index contributed by atoms with van der Waals surface area (Å²) < 4.78 is 7.96. The van der Waals surface area contributed by atoms with E-state index < -0.39 is 6.09 Å². The Morgan fingerprint density at radius 3 is 3.00 bits per heavy atom. The van der Waals surface area contributed by atoms with Gasteiger partial charge in [-0.3, -0.25) is 4.79 Å². The number of nitrogens with one attached hydrogen (secondary N) is 1. The molecule has 3 N–H and O–H groups in total. The third-order valence-electron chi connectivity index (χ3n) is 2.38. The number of hydrogen-bond acceptors (Lipinski definition) is 4. The predicted molar refractivity (Wildman–Crippen MR) is 62.9 cm³/mol. The van der Waals surface area contributed by atoms with Crippen molar-refractivity contribution in [1.29, 1.82) is 0 Å². The quantitative estimate of drug-likeness (QED) is 0.803. The summed E-state index contributed by atoms with van der Waals surface area (Å²) in [5.41, 5.74) is 6.17. The normalized spacial score (nSPS) is 10.5. The van der Waals surface area contributed by atoms with Crippen molar-refractivity contribution in [2.75, 3.05) is 11.9 Å². The van der Waals surface area contributed by atoms with Crippen LogP contribution in [-0.4, -0.2) is 32.8 Å². The van der Waals surface area contributed by atoms with E-state index in [4.69, 9.17) is 5.73 Å². The van der Waals surface area contributed by atoms with Gasteiger partial charge in [-0.05, 0) is 0 Å². The smallest absolute Gasteiger partial charge is 0.404 e. The molecule has 96 valence electrons. The summed E-state index contributed by atoms with van der Waals surface area (Å²) in [7, 11) is 1.85. The van der Waals surface area contributed by atoms with Gasteiger partial charge < -0.3 is 20.4 Å². The van der Waals surface area contributed by atoms with Crippen molar-refractivity contribution in [2.24, 2.45) is 12.8 Å². The predicted octanol–water partition coefficient (Wildman–Crippen LogP) is 0.0967. The molecule has 2 heterocycles. The van der Waals surface area contributed by atoms with Crippen LogP contribution < -0.4 is 11.1 Å². The number of aromatic nitrogens is 3. The van der Waals surface area contributed by atoms with Crippen molar-refractivity contribution < 1.29 is 14.3 Å². The number of primary amides is 1. The molecule has 0 atom stereocenters. The highest BCUT2D eigenvalue weighted by atomic mass is 16.5. The van der Waals surface area contributed by atoms with Gasteiger partial charge in [0.15, 0.2) is 5.65 Å². The van der Waals surface area contributed by atoms with Gasteiger partial charge in [-0.2, -0.15) is 5.10 Å². The van der Waals surface area contributed by atoms with Crippen LogP contribution in [0.2, 0.25) is 0 Å². The van der Waals surface area contributed by atoms with Crippen LogP contribution in [0, 0.1) is 0 Å². The van der Waals surface area contributed by atoms with Crippen LogP contribution in [0.3, 0.4) is 0 Å². The topological polar surface area (TPSA) is 104 Å². The van der Waals surface area contributed by atoms with Crippen LogP contribution in [0.4, 0.5) is 10.5 Å². The number of imidazole rings is 1. The lowest BCUT2D eigenvalue weighted by Crippen LogP contribution is -2.19. The highest BCUT2D eigenvalue weighted by molar-refractivity contribution is 5.94. The fourth-order valence-electron chi connectivity index (χ4n) is 1.60. The Hall–Kier alpha value is -2.51. The Morgan fingerprint density at radius 1 is 1.50 bits per heavy atom. The number of hydrogen-bond donors (Lipinski definition) is 2. The first-order chi connectivity index (χ1) is 8.58. The number of rotatable bonds is 4. The maximum Gasteiger partial charge on any atom is 0.404 e. The van der Waals surface area contributed by atoms with E-state index in [1.165, 1.54) is 0 Å². The summed E-state index contributed by atoms with van der Waals surface area (Å²) in [5.74, 6) is -0.271. The number of anilines is 1. The van der Waals surface area contributed by atoms with Crippen LogP contribution in [0.15, 0.2) is 18.6 Å². The van der Waals surface area contributed by atoms with E-state index in [-0.39, 0.29) is 18.9 Å². The van der Waals surface area contributed by atoms with E-state index in [2.05, 4.69) is 15.2 Å². The number of nitrogens with two attached hydrogens (primary N) is 1. The third kappa shape index (κ3) is 2.42. The molecule has 2 amide bonds. The molecule has 0 bridgehead atoms. The lowest BCUT2D eigenvalue weighted by molar-refractivity contribution is -0.116. The van der Waals surface area contributed by atoms with Gasteiger partial charge in [0.05, 0.1) is 12.6 Å². The minimum Gasteiger partial charge on any atom is -0.449 e. The maximum atomic E-state index is 11.6. The second kappa shape index (κ2) is 4.78. The van der Waals surface area contributed by atoms with Crippen molar-refractivity contribution in [2.45, 2.75) is 6.42 Å². The Bertz CT molecular complexity index is 585. The molecule has 2 aromatic heterocycles. The molecular formula is C10H13N5O3. The van der Waals surface area contributed by atoms with Gasteiger partial charge in [0, 0.05) is 19.4 Å². The molecule has 18 heavy (non-hydrogen) atoms. The largest absolute Gasteiger partial charge is 0.449 e. The molecule has 0 spiro atoms. The Kier molecular flexibility index (Phi) is 3.18. The van der Waals surface area contributed by atoms with Gasteiger partial charge in [-0.25, -0.2) is 9.31 Å². The van der Waals surface area contributed by atoms with Crippen molar-refractivity contribution in [3.05, 3.63) is 18.6 Å². The second-order valence-electron chi connectivity index (χ2n) is 3.70. The van der Waals surface area contributed by atoms with E-state index in [1.807, 2.05) is 17.8 Å². The minimum absolute atomic E-state index is 0.0429. The molecule has 2 rings (SSSR count). The summed E-state index contributed by atoms with van der Waals surface area (Å²) in [6.07, 6.45) is 4.32. The van der Waals surface area contributed by atoms with Gasteiger partial charge in [0.25, 0.3) is 0 Å². The lowest BCUT2D eigenvalue weighted by atomic mass is 10.4. The molecule has 0 fully saturated rings. The number of carbonyl (C=O) groups excluding carboxylic acids is 2. The first kappa shape index (κ1) is 12.0. The summed E-state index contributed by atoms with van der Waals surface area (Å²) in [4.78, 5) is 21.9. The second-order valence-corrected chi connectivity index (χ2v) is 3.70. The SMILES string of the molecule is Cn1ccn2ncc(NC(=O)CCOC(N)=O)c12. The minimum atomic E-state index is -0.891. The fourth-order valence-corrected chi connectivity index (χ4v) is 1.60. The monoisotopic (exact) mass is 251 g/mol. The van der Waals surface area contributed by atoms with Crippen molar-refractivity contribution in [1.82, 2.24) is 14.2 Å². The first-order valence-electron chi connectivity index (χ1n) is 5.28. The molecule has 0 aromatic carbocycles. The maximum absolute atomic E-state index is 11.6. The summed E-state index contributed by atoms with van der Waals surface area (Å²) in [6.45, 7) is -0.0429. The van der Waals surface area contributed by atoms with Crippen LogP contribution in [0.25, 0.3) is 5.65 Å². The standard InChI is InChI=1S/C10H13N5O3/c1-14-3-4-15-9(14)7(6-12-15)13-8(16)2-5-18-10(11)17/h3-4,6H,2,5H2,1H3,(H2,11,17)(H,13,16). The first-order valence-corrected chi connectivity index (χ1v) is 5.28. The highest BCUT2D eigenvalue weighted by Crippen LogP contribution is 2.16. The van der Waals surface area contributed by atoms with Crippen LogP contribution in [0.1, 0.15) is 6.42 Å². The zero-order valence-corrected chi connectivity index (χ0v) is 9.79. The Morgan fingerprint density at radius 2 is 2.28 bits per heavy atom. The van der Waals surface area contributed by atoms with E-state index in [1.54, 1.807) is 16.9 Å². The van der Waals surface area contributed by atoms with Gasteiger partial charge in [-0.1, -0.05) is 0 Å². The summed E-state index contributed by atoms with van der Waals surface area (Å²) in [5, 5.41) is 6.77. The van der Waals surface area contributed by atoms with E-state index in [9.17, 15) is 9.59 Å². The summed E-state index contributed by atoms with van der Waals surface area (Å²) in [6, 6.07) is 0. The molecule has 0 saturated heterocycles. The Balaban J connectivity index is 1.98. The van der Waals surface area contributed by atoms with Crippen LogP contribution >= 0.6 is 0 Å². The zero-order valence-electron chi connectivity index (χ0n) is 9.79. The number of amides is 2. The average Bonchev–Trinajstić information content (AvgIpc) is 2.83. The Labute approximate surface area is 102 Å². The molecule has 0 aliphatic heterocycles. The van der Waals surface area contributed by atoms with Crippen LogP contribution in [0.5, 0.6) is 0 Å². The molecule has 8 nitrogen and oxygen atoms in total. The van der Waals surface area contributed by atoms with Crippen molar-refractivity contribution in [3.8, 4) is 0 Å². The van der Waals surface area contributed by atoms with Gasteiger partial charge >= 0.3 is 6.09 Å². The lowest BCUT2D eigenvalue weighted by Gasteiger charge is -2.03. The molecular weight excluding hydrogens is 238 g/mol. The van der Waals surface area contributed by atoms with E-state index >= 15 is 0 Å². The molecule has 0 saturated carbocycles. The molecule has 0 radical (unpaired) electrons. The average molecular weight is 251 g/mol. The van der Waals surface area contributed by atoms with E-state index in [0.717, 1.165) is 5.65 Å². The van der Waals surface area contributed by atoms with Gasteiger partial charge in [-0.15, -0.1) is 0 Å².